The van der Waals surface area contributed by atoms with Gasteiger partial charge in [-0.15, -0.1) is 10.2 Å². The number of nitrogens with zero attached hydrogens (tertiary/aromatic N) is 3. The molecule has 0 radical (unpaired) electrons. The maximum Gasteiger partial charge on any atom is 0.292 e. The summed E-state index contributed by atoms with van der Waals surface area (Å²) in [5.74, 6) is -0.633. The molecule has 0 unspecified atom stereocenters. The van der Waals surface area contributed by atoms with Crippen LogP contribution in [0.2, 0.25) is 0 Å². The first-order valence-electron chi connectivity index (χ1n) is 7.99. The number of carbonyl (C=O) groups is 1. The first-order chi connectivity index (χ1) is 13.5. The van der Waals surface area contributed by atoms with Crippen molar-refractivity contribution in [2.24, 2.45) is 0 Å². The average molecular weight is 419 g/mol. The summed E-state index contributed by atoms with van der Waals surface area (Å²) in [5, 5.41) is 25.1. The van der Waals surface area contributed by atoms with E-state index in [0.29, 0.717) is 16.0 Å². The molecule has 0 aliphatic carbocycles. The Bertz CT molecular complexity index is 981. The third-order valence-corrected chi connectivity index (χ3v) is 5.48. The van der Waals surface area contributed by atoms with Gasteiger partial charge in [-0.2, -0.15) is 0 Å². The zero-order valence-electron chi connectivity index (χ0n) is 14.3. The van der Waals surface area contributed by atoms with Crippen molar-refractivity contribution < 1.29 is 14.1 Å². The van der Waals surface area contributed by atoms with Crippen LogP contribution in [-0.2, 0) is 11.3 Å². The third-order valence-electron chi connectivity index (χ3n) is 3.47. The number of nitro groups is 1. The molecule has 0 fully saturated rings. The number of nitro benzene ring substituents is 1. The van der Waals surface area contributed by atoms with Gasteiger partial charge in [-0.25, -0.2) is 4.39 Å². The fourth-order valence-corrected chi connectivity index (χ4v) is 3.72. The Morgan fingerprint density at radius 2 is 1.93 bits per heavy atom. The van der Waals surface area contributed by atoms with Crippen LogP contribution in [0.3, 0.4) is 0 Å². The standard InChI is InChI=1S/C17H14FN5O3S2/c18-12-7-5-11(6-8-12)9-19-16-21-22-17(28-16)27-10-15(24)20-13-3-1-2-4-14(13)23(25)26/h1-8H,9-10H2,(H,19,21)(H,20,24). The van der Waals surface area contributed by atoms with Crippen molar-refractivity contribution in [2.75, 3.05) is 16.4 Å². The number of benzene rings is 2. The maximum absolute atomic E-state index is 12.9. The first-order valence-corrected chi connectivity index (χ1v) is 9.79. The molecule has 0 atom stereocenters. The van der Waals surface area contributed by atoms with Crippen LogP contribution >= 0.6 is 23.1 Å². The van der Waals surface area contributed by atoms with Crippen molar-refractivity contribution in [2.45, 2.75) is 10.9 Å². The minimum absolute atomic E-state index is 0.0403. The molecule has 0 saturated carbocycles. The summed E-state index contributed by atoms with van der Waals surface area (Å²) in [6, 6.07) is 12.1. The summed E-state index contributed by atoms with van der Waals surface area (Å²) >= 11 is 2.46. The number of rotatable bonds is 8. The Morgan fingerprint density at radius 3 is 2.68 bits per heavy atom. The number of hydrogen-bond acceptors (Lipinski definition) is 8. The highest BCUT2D eigenvalue weighted by Gasteiger charge is 2.15. The molecule has 11 heteroatoms. The molecule has 1 heterocycles. The van der Waals surface area contributed by atoms with E-state index in [0.717, 1.165) is 5.56 Å². The van der Waals surface area contributed by atoms with E-state index in [-0.39, 0.29) is 28.9 Å². The van der Waals surface area contributed by atoms with Crippen LogP contribution in [0.4, 0.5) is 20.9 Å². The minimum Gasteiger partial charge on any atom is -0.356 e. The predicted molar refractivity (Wildman–Crippen MR) is 106 cm³/mol. The van der Waals surface area contributed by atoms with Crippen LogP contribution in [0.5, 0.6) is 0 Å². The Hall–Kier alpha value is -3.05. The Morgan fingerprint density at radius 1 is 1.18 bits per heavy atom. The number of thioether (sulfide) groups is 1. The van der Waals surface area contributed by atoms with E-state index in [4.69, 9.17) is 0 Å². The Kier molecular flexibility index (Phi) is 6.50. The fraction of sp³-hybridized carbons (Fsp3) is 0.118. The van der Waals surface area contributed by atoms with Gasteiger partial charge in [-0.1, -0.05) is 47.4 Å². The first kappa shape index (κ1) is 19.7. The van der Waals surface area contributed by atoms with Gasteiger partial charge >= 0.3 is 0 Å². The molecule has 0 aliphatic rings. The molecule has 3 aromatic rings. The van der Waals surface area contributed by atoms with Crippen molar-refractivity contribution in [3.63, 3.8) is 0 Å². The summed E-state index contributed by atoms with van der Waals surface area (Å²) < 4.78 is 13.5. The number of amides is 1. The van der Waals surface area contributed by atoms with Gasteiger partial charge in [-0.3, -0.25) is 14.9 Å². The average Bonchev–Trinajstić information content (AvgIpc) is 3.14. The summed E-state index contributed by atoms with van der Waals surface area (Å²) in [5.41, 5.74) is 0.885. The molecule has 0 aliphatic heterocycles. The number of halogens is 1. The van der Waals surface area contributed by atoms with E-state index in [1.807, 2.05) is 0 Å². The van der Waals surface area contributed by atoms with Crippen LogP contribution in [0.25, 0.3) is 0 Å². The molecular formula is C17H14FN5O3S2. The quantitative estimate of drug-likeness (QED) is 0.323. The third kappa shape index (κ3) is 5.47. The highest BCUT2D eigenvalue weighted by Crippen LogP contribution is 2.27. The summed E-state index contributed by atoms with van der Waals surface area (Å²) in [4.78, 5) is 22.5. The molecule has 8 nitrogen and oxygen atoms in total. The highest BCUT2D eigenvalue weighted by atomic mass is 32.2. The molecule has 2 N–H and O–H groups in total. The molecular weight excluding hydrogens is 405 g/mol. The summed E-state index contributed by atoms with van der Waals surface area (Å²) in [6.07, 6.45) is 0. The predicted octanol–water partition coefficient (Wildman–Crippen LogP) is 3.93. The van der Waals surface area contributed by atoms with Gasteiger partial charge in [0.2, 0.25) is 11.0 Å². The highest BCUT2D eigenvalue weighted by molar-refractivity contribution is 8.01. The number of aromatic nitrogens is 2. The van der Waals surface area contributed by atoms with E-state index >= 15 is 0 Å². The molecule has 1 amide bonds. The van der Waals surface area contributed by atoms with Crippen molar-refractivity contribution in [1.29, 1.82) is 0 Å². The number of para-hydroxylation sites is 2. The number of carbonyl (C=O) groups excluding carboxylic acids is 1. The molecule has 0 spiro atoms. The number of anilines is 2. The van der Waals surface area contributed by atoms with E-state index < -0.39 is 4.92 Å². The van der Waals surface area contributed by atoms with E-state index in [1.165, 1.54) is 53.4 Å². The van der Waals surface area contributed by atoms with Gasteiger partial charge in [0.1, 0.15) is 11.5 Å². The number of hydrogen-bond donors (Lipinski definition) is 2. The van der Waals surface area contributed by atoms with Crippen molar-refractivity contribution in [3.05, 3.63) is 70.0 Å². The summed E-state index contributed by atoms with van der Waals surface area (Å²) in [7, 11) is 0. The lowest BCUT2D eigenvalue weighted by Crippen LogP contribution is -2.15. The van der Waals surface area contributed by atoms with Crippen molar-refractivity contribution in [1.82, 2.24) is 10.2 Å². The SMILES string of the molecule is O=C(CSc1nnc(NCc2ccc(F)cc2)s1)Nc1ccccc1[N+](=O)[O-]. The van der Waals surface area contributed by atoms with Gasteiger partial charge in [0.15, 0.2) is 4.34 Å². The maximum atomic E-state index is 12.9. The minimum atomic E-state index is -0.549. The Labute approximate surface area is 167 Å². The molecule has 3 rings (SSSR count). The van der Waals surface area contributed by atoms with Crippen LogP contribution in [0.15, 0.2) is 52.9 Å². The smallest absolute Gasteiger partial charge is 0.292 e. The van der Waals surface area contributed by atoms with Gasteiger partial charge in [0.25, 0.3) is 5.69 Å². The lowest BCUT2D eigenvalue weighted by atomic mass is 10.2. The normalized spacial score (nSPS) is 10.5. The Balaban J connectivity index is 1.49. The van der Waals surface area contributed by atoms with Crippen molar-refractivity contribution in [3.8, 4) is 0 Å². The second-order valence-corrected chi connectivity index (χ2v) is 7.66. The van der Waals surface area contributed by atoms with Gasteiger partial charge in [0, 0.05) is 12.6 Å². The lowest BCUT2D eigenvalue weighted by Gasteiger charge is -2.04. The van der Waals surface area contributed by atoms with Crippen molar-refractivity contribution >= 4 is 45.5 Å². The second-order valence-electron chi connectivity index (χ2n) is 5.46. The zero-order valence-corrected chi connectivity index (χ0v) is 15.9. The van der Waals surface area contributed by atoms with E-state index in [9.17, 15) is 19.3 Å². The molecule has 0 bridgehead atoms. The van der Waals surface area contributed by atoms with Gasteiger partial charge in [0.05, 0.1) is 10.7 Å². The molecule has 1 aromatic heterocycles. The van der Waals surface area contributed by atoms with Gasteiger partial charge in [-0.05, 0) is 23.8 Å². The van der Waals surface area contributed by atoms with Crippen LogP contribution in [0.1, 0.15) is 5.56 Å². The topological polar surface area (TPSA) is 110 Å². The molecule has 28 heavy (non-hydrogen) atoms. The monoisotopic (exact) mass is 419 g/mol. The van der Waals surface area contributed by atoms with E-state index in [2.05, 4.69) is 20.8 Å². The molecule has 144 valence electrons. The number of nitrogens with one attached hydrogen (secondary N) is 2. The largest absolute Gasteiger partial charge is 0.356 e. The zero-order chi connectivity index (χ0) is 19.9. The second kappa shape index (κ2) is 9.24. The lowest BCUT2D eigenvalue weighted by molar-refractivity contribution is -0.383. The van der Waals surface area contributed by atoms with Crippen LogP contribution in [0, 0.1) is 15.9 Å². The molecule has 0 saturated heterocycles. The van der Waals surface area contributed by atoms with E-state index in [1.54, 1.807) is 18.2 Å². The van der Waals surface area contributed by atoms with Gasteiger partial charge < -0.3 is 10.6 Å². The molecule has 2 aromatic carbocycles. The van der Waals surface area contributed by atoms with Crippen LogP contribution in [-0.4, -0.2) is 26.8 Å². The van der Waals surface area contributed by atoms with Crippen LogP contribution < -0.4 is 10.6 Å². The fourth-order valence-electron chi connectivity index (χ4n) is 2.17. The summed E-state index contributed by atoms with van der Waals surface area (Å²) in [6.45, 7) is 0.470.